The zero-order valence-corrected chi connectivity index (χ0v) is 13.0. The summed E-state index contributed by atoms with van der Waals surface area (Å²) in [5.41, 5.74) is 2.19. The largest absolute Gasteiger partial charge is 0.359 e. The Morgan fingerprint density at radius 2 is 2.35 bits per heavy atom. The van der Waals surface area contributed by atoms with Crippen molar-refractivity contribution in [3.63, 3.8) is 0 Å². The van der Waals surface area contributed by atoms with Crippen LogP contribution in [0.5, 0.6) is 0 Å². The van der Waals surface area contributed by atoms with Gasteiger partial charge in [-0.1, -0.05) is 31.5 Å². The summed E-state index contributed by atoms with van der Waals surface area (Å²) >= 11 is 1.86. The van der Waals surface area contributed by atoms with Crippen molar-refractivity contribution < 1.29 is 0 Å². The van der Waals surface area contributed by atoms with E-state index in [2.05, 4.69) is 27.2 Å². The van der Waals surface area contributed by atoms with E-state index < -0.39 is 0 Å². The molecule has 1 aliphatic carbocycles. The van der Waals surface area contributed by atoms with Gasteiger partial charge < -0.3 is 5.32 Å². The molecule has 3 rings (SSSR count). The van der Waals surface area contributed by atoms with E-state index in [-0.39, 0.29) is 0 Å². The van der Waals surface area contributed by atoms with Crippen LogP contribution in [0.3, 0.4) is 0 Å². The summed E-state index contributed by atoms with van der Waals surface area (Å²) < 4.78 is 0. The predicted molar refractivity (Wildman–Crippen MR) is 83.9 cm³/mol. The van der Waals surface area contributed by atoms with E-state index in [0.29, 0.717) is 12.1 Å². The Morgan fingerprint density at radius 1 is 1.45 bits per heavy atom. The van der Waals surface area contributed by atoms with Gasteiger partial charge in [-0.3, -0.25) is 15.0 Å². The minimum absolute atomic E-state index is 0.306. The number of aromatic nitrogens is 2. The minimum atomic E-state index is 0.306. The van der Waals surface area contributed by atoms with E-state index in [1.807, 2.05) is 24.9 Å². The Bertz CT molecular complexity index is 499. The molecule has 1 saturated heterocycles. The third-order valence-corrected chi connectivity index (χ3v) is 5.37. The third kappa shape index (κ3) is 3.14. The summed E-state index contributed by atoms with van der Waals surface area (Å²) in [5.74, 6) is 2.00. The molecule has 2 heterocycles. The molecule has 0 aromatic carbocycles. The maximum atomic E-state index is 4.66. The van der Waals surface area contributed by atoms with E-state index in [1.165, 1.54) is 25.7 Å². The number of aryl methyl sites for hydroxylation is 1. The molecule has 1 saturated carbocycles. The van der Waals surface area contributed by atoms with Gasteiger partial charge in [0.25, 0.3) is 0 Å². The molecule has 1 aliphatic heterocycles. The first-order chi connectivity index (χ1) is 9.65. The van der Waals surface area contributed by atoms with Crippen molar-refractivity contribution in [2.45, 2.75) is 51.6 Å². The SMILES string of the molecule is Cc1cnc(CN=C2NC3(CCCC(C)C3)CS2)cn1. The number of hydrogen-bond donors (Lipinski definition) is 1. The van der Waals surface area contributed by atoms with Crippen LogP contribution in [0.15, 0.2) is 17.4 Å². The number of nitrogens with one attached hydrogen (secondary N) is 1. The van der Waals surface area contributed by atoms with Gasteiger partial charge in [0, 0.05) is 17.5 Å². The molecule has 4 nitrogen and oxygen atoms in total. The van der Waals surface area contributed by atoms with Crippen molar-refractivity contribution in [3.05, 3.63) is 23.8 Å². The lowest BCUT2D eigenvalue weighted by Gasteiger charge is -2.36. The molecular weight excluding hydrogens is 268 g/mol. The standard InChI is InChI=1S/C15H22N4S/c1-11-4-3-5-15(6-11)10-20-14(19-15)18-9-13-8-16-12(2)7-17-13/h7-8,11H,3-6,9-10H2,1-2H3,(H,18,19). The average Bonchev–Trinajstić information content (AvgIpc) is 2.81. The Hall–Kier alpha value is -1.10. The van der Waals surface area contributed by atoms with Crippen LogP contribution in [0.1, 0.15) is 44.0 Å². The van der Waals surface area contributed by atoms with Gasteiger partial charge in [-0.25, -0.2) is 0 Å². The summed E-state index contributed by atoms with van der Waals surface area (Å²) in [5, 5.41) is 4.77. The average molecular weight is 290 g/mol. The molecule has 0 radical (unpaired) electrons. The van der Waals surface area contributed by atoms with E-state index in [4.69, 9.17) is 0 Å². The van der Waals surface area contributed by atoms with Crippen LogP contribution in [0.2, 0.25) is 0 Å². The van der Waals surface area contributed by atoms with Crippen molar-refractivity contribution in [3.8, 4) is 0 Å². The first-order valence-electron chi connectivity index (χ1n) is 7.38. The van der Waals surface area contributed by atoms with Gasteiger partial charge in [0.05, 0.1) is 24.1 Å². The lowest BCUT2D eigenvalue weighted by Crippen LogP contribution is -2.47. The van der Waals surface area contributed by atoms with Gasteiger partial charge >= 0.3 is 0 Å². The highest BCUT2D eigenvalue weighted by Crippen LogP contribution is 2.38. The van der Waals surface area contributed by atoms with Crippen molar-refractivity contribution in [2.24, 2.45) is 10.9 Å². The molecule has 108 valence electrons. The van der Waals surface area contributed by atoms with Gasteiger partial charge in [-0.15, -0.1) is 0 Å². The molecule has 0 bridgehead atoms. The molecule has 2 fully saturated rings. The van der Waals surface area contributed by atoms with Crippen molar-refractivity contribution >= 4 is 16.9 Å². The summed E-state index contributed by atoms with van der Waals surface area (Å²) in [6.45, 7) is 4.93. The maximum absolute atomic E-state index is 4.66. The fraction of sp³-hybridized carbons (Fsp3) is 0.667. The molecule has 1 aromatic heterocycles. The van der Waals surface area contributed by atoms with Crippen LogP contribution < -0.4 is 5.32 Å². The number of aliphatic imine (C=N–C) groups is 1. The van der Waals surface area contributed by atoms with Crippen LogP contribution in [-0.4, -0.2) is 26.4 Å². The number of hydrogen-bond acceptors (Lipinski definition) is 4. The second-order valence-corrected chi connectivity index (χ2v) is 7.13. The molecule has 2 atom stereocenters. The van der Waals surface area contributed by atoms with Crippen molar-refractivity contribution in [1.82, 2.24) is 15.3 Å². The van der Waals surface area contributed by atoms with Gasteiger partial charge in [0.1, 0.15) is 0 Å². The van der Waals surface area contributed by atoms with Crippen molar-refractivity contribution in [2.75, 3.05) is 5.75 Å². The maximum Gasteiger partial charge on any atom is 0.157 e. The number of thioether (sulfide) groups is 1. The minimum Gasteiger partial charge on any atom is -0.359 e. The van der Waals surface area contributed by atoms with Crippen molar-refractivity contribution in [1.29, 1.82) is 0 Å². The summed E-state index contributed by atoms with van der Waals surface area (Å²) in [6.07, 6.45) is 8.90. The van der Waals surface area contributed by atoms with Gasteiger partial charge in [0.15, 0.2) is 5.17 Å². The van der Waals surface area contributed by atoms with E-state index in [1.54, 1.807) is 6.20 Å². The van der Waals surface area contributed by atoms with Gasteiger partial charge in [-0.2, -0.15) is 0 Å². The second-order valence-electron chi connectivity index (χ2n) is 6.17. The van der Waals surface area contributed by atoms with Crippen LogP contribution >= 0.6 is 11.8 Å². The van der Waals surface area contributed by atoms with Crippen LogP contribution in [0.25, 0.3) is 0 Å². The Labute approximate surface area is 124 Å². The summed E-state index contributed by atoms with van der Waals surface area (Å²) in [6, 6.07) is 0. The molecule has 2 aliphatic rings. The van der Waals surface area contributed by atoms with Gasteiger partial charge in [0.2, 0.25) is 0 Å². The molecule has 5 heteroatoms. The molecule has 0 amide bonds. The third-order valence-electron chi connectivity index (χ3n) is 4.17. The lowest BCUT2D eigenvalue weighted by atomic mass is 9.78. The van der Waals surface area contributed by atoms with E-state index in [0.717, 1.165) is 28.2 Å². The predicted octanol–water partition coefficient (Wildman–Crippen LogP) is 2.93. The smallest absolute Gasteiger partial charge is 0.157 e. The highest BCUT2D eigenvalue weighted by molar-refractivity contribution is 8.14. The van der Waals surface area contributed by atoms with E-state index in [9.17, 15) is 0 Å². The normalized spacial score (nSPS) is 31.7. The van der Waals surface area contributed by atoms with Crippen LogP contribution in [0, 0.1) is 12.8 Å². The fourth-order valence-corrected chi connectivity index (χ4v) is 4.34. The Morgan fingerprint density at radius 3 is 3.10 bits per heavy atom. The molecule has 1 N–H and O–H groups in total. The van der Waals surface area contributed by atoms with Crippen LogP contribution in [0.4, 0.5) is 0 Å². The summed E-state index contributed by atoms with van der Waals surface area (Å²) in [7, 11) is 0. The molecule has 1 spiro atoms. The highest BCUT2D eigenvalue weighted by atomic mass is 32.2. The molecule has 20 heavy (non-hydrogen) atoms. The number of nitrogens with zero attached hydrogens (tertiary/aromatic N) is 3. The Balaban J connectivity index is 1.61. The number of amidine groups is 1. The molecule has 2 unspecified atom stereocenters. The van der Waals surface area contributed by atoms with Gasteiger partial charge in [-0.05, 0) is 25.7 Å². The quantitative estimate of drug-likeness (QED) is 0.910. The first-order valence-corrected chi connectivity index (χ1v) is 8.37. The highest BCUT2D eigenvalue weighted by Gasteiger charge is 2.40. The zero-order chi connectivity index (χ0) is 14.0. The zero-order valence-electron chi connectivity index (χ0n) is 12.2. The first kappa shape index (κ1) is 13.9. The lowest BCUT2D eigenvalue weighted by molar-refractivity contribution is 0.242. The molecular formula is C15H22N4S. The van der Waals surface area contributed by atoms with E-state index >= 15 is 0 Å². The topological polar surface area (TPSA) is 50.2 Å². The second kappa shape index (κ2) is 5.72. The monoisotopic (exact) mass is 290 g/mol. The number of rotatable bonds is 2. The Kier molecular flexibility index (Phi) is 3.96. The van der Waals surface area contributed by atoms with Crippen LogP contribution in [-0.2, 0) is 6.54 Å². The fourth-order valence-electron chi connectivity index (χ4n) is 3.15. The summed E-state index contributed by atoms with van der Waals surface area (Å²) in [4.78, 5) is 13.3. The molecule has 1 aromatic rings.